The van der Waals surface area contributed by atoms with Crippen molar-refractivity contribution in [3.63, 3.8) is 0 Å². The number of pyridine rings is 2. The molecule has 9 heteroatoms. The van der Waals surface area contributed by atoms with Gasteiger partial charge in [-0.3, -0.25) is 9.78 Å². The third-order valence-corrected chi connectivity index (χ3v) is 5.93. The number of ether oxygens (including phenoxy) is 1. The molecular formula is C25H28N6O3. The summed E-state index contributed by atoms with van der Waals surface area (Å²) in [4.78, 5) is 21.6. The summed E-state index contributed by atoms with van der Waals surface area (Å²) in [6, 6.07) is 7.64. The number of aromatic nitrogens is 4. The maximum atomic E-state index is 13.0. The number of anilines is 1. The molecule has 1 aliphatic rings. The molecule has 4 aromatic rings. The molecule has 34 heavy (non-hydrogen) atoms. The van der Waals surface area contributed by atoms with Crippen molar-refractivity contribution in [1.29, 1.82) is 0 Å². The van der Waals surface area contributed by atoms with Gasteiger partial charge in [0.1, 0.15) is 6.26 Å². The summed E-state index contributed by atoms with van der Waals surface area (Å²) in [6.07, 6.45) is 7.86. The second-order valence-corrected chi connectivity index (χ2v) is 8.54. The predicted molar refractivity (Wildman–Crippen MR) is 128 cm³/mol. The normalized spacial score (nSPS) is 14.4. The number of fused-ring (bicyclic) bond motifs is 1. The van der Waals surface area contributed by atoms with Crippen LogP contribution in [0.25, 0.3) is 17.0 Å². The highest BCUT2D eigenvalue weighted by Crippen LogP contribution is 2.31. The molecule has 2 N–H and O–H groups in total. The van der Waals surface area contributed by atoms with Gasteiger partial charge in [0.15, 0.2) is 11.4 Å². The van der Waals surface area contributed by atoms with Gasteiger partial charge in [0, 0.05) is 23.4 Å². The van der Waals surface area contributed by atoms with E-state index in [0.717, 1.165) is 54.8 Å². The predicted octanol–water partition coefficient (Wildman–Crippen LogP) is 4.20. The van der Waals surface area contributed by atoms with Crippen LogP contribution in [0.15, 0.2) is 47.3 Å². The Hall–Kier alpha value is -3.72. The van der Waals surface area contributed by atoms with Gasteiger partial charge in [0.05, 0.1) is 29.7 Å². The first-order chi connectivity index (χ1) is 16.6. The van der Waals surface area contributed by atoms with Gasteiger partial charge < -0.3 is 19.8 Å². The molecular weight excluding hydrogens is 432 g/mol. The van der Waals surface area contributed by atoms with E-state index in [4.69, 9.17) is 14.3 Å². The Balaban J connectivity index is 1.41. The van der Waals surface area contributed by atoms with Gasteiger partial charge >= 0.3 is 0 Å². The molecule has 0 atom stereocenters. The first kappa shape index (κ1) is 22.1. The number of nitrogens with zero attached hydrogens (tertiary/aromatic N) is 4. The summed E-state index contributed by atoms with van der Waals surface area (Å²) in [5.41, 5.74) is 4.35. The molecule has 0 radical (unpaired) electrons. The fourth-order valence-electron chi connectivity index (χ4n) is 4.16. The summed E-state index contributed by atoms with van der Waals surface area (Å²) in [5.74, 6) is 1.00. The molecule has 5 heterocycles. The highest BCUT2D eigenvalue weighted by Gasteiger charge is 2.20. The Bertz CT molecular complexity index is 1310. The van der Waals surface area contributed by atoms with Gasteiger partial charge in [-0.05, 0) is 63.5 Å². The van der Waals surface area contributed by atoms with Gasteiger partial charge in [-0.1, -0.05) is 6.92 Å². The van der Waals surface area contributed by atoms with Crippen LogP contribution in [0.2, 0.25) is 0 Å². The van der Waals surface area contributed by atoms with Crippen LogP contribution in [0.3, 0.4) is 0 Å². The third-order valence-electron chi connectivity index (χ3n) is 5.93. The smallest absolute Gasteiger partial charge is 0.277 e. The van der Waals surface area contributed by atoms with Gasteiger partial charge in [-0.2, -0.15) is 5.10 Å². The lowest BCUT2D eigenvalue weighted by Crippen LogP contribution is -2.26. The lowest BCUT2D eigenvalue weighted by molar-refractivity contribution is 0.102. The summed E-state index contributed by atoms with van der Waals surface area (Å²) >= 11 is 0. The standard InChI is InChI=1S/C25H28N6O3/c1-3-10-33-23-14-31-19(12-20(30-31)17-4-7-26-8-5-17)13-21(23)28-24(32)22-15-34-25(29-22)18-6-9-27-16(2)11-18/h6,9,11-15,17,26H,3-5,7-8,10H2,1-2H3,(H,28,32). The monoisotopic (exact) mass is 460 g/mol. The van der Waals surface area contributed by atoms with Crippen molar-refractivity contribution in [2.24, 2.45) is 0 Å². The second-order valence-electron chi connectivity index (χ2n) is 8.54. The number of hydrogen-bond donors (Lipinski definition) is 2. The Morgan fingerprint density at radius 3 is 2.94 bits per heavy atom. The summed E-state index contributed by atoms with van der Waals surface area (Å²) in [5, 5.41) is 11.1. The number of rotatable bonds is 7. The Morgan fingerprint density at radius 2 is 2.15 bits per heavy atom. The van der Waals surface area contributed by atoms with E-state index in [1.54, 1.807) is 12.3 Å². The molecule has 4 aromatic heterocycles. The van der Waals surface area contributed by atoms with E-state index < -0.39 is 0 Å². The van der Waals surface area contributed by atoms with E-state index in [-0.39, 0.29) is 11.6 Å². The highest BCUT2D eigenvalue weighted by molar-refractivity contribution is 6.04. The zero-order valence-corrected chi connectivity index (χ0v) is 19.4. The van der Waals surface area contributed by atoms with Crippen molar-refractivity contribution in [2.75, 3.05) is 25.0 Å². The van der Waals surface area contributed by atoms with Crippen LogP contribution in [0.5, 0.6) is 5.75 Å². The topological polar surface area (TPSA) is 107 Å². The van der Waals surface area contributed by atoms with Crippen molar-refractivity contribution in [2.45, 2.75) is 39.0 Å². The molecule has 1 aliphatic heterocycles. The minimum absolute atomic E-state index is 0.190. The molecule has 0 saturated carbocycles. The number of carbonyl (C=O) groups is 1. The fraction of sp³-hybridized carbons (Fsp3) is 0.360. The molecule has 0 bridgehead atoms. The number of nitrogens with one attached hydrogen (secondary N) is 2. The molecule has 1 amide bonds. The molecule has 0 spiro atoms. The Kier molecular flexibility index (Phi) is 6.27. The second kappa shape index (κ2) is 9.64. The van der Waals surface area contributed by atoms with Gasteiger partial charge in [-0.25, -0.2) is 9.50 Å². The summed E-state index contributed by atoms with van der Waals surface area (Å²) < 4.78 is 13.3. The average molecular weight is 461 g/mol. The SMILES string of the molecule is CCCOc1cn2nc(C3CCNCC3)cc2cc1NC(=O)c1coc(-c2ccnc(C)c2)n1. The van der Waals surface area contributed by atoms with Crippen LogP contribution >= 0.6 is 0 Å². The van der Waals surface area contributed by atoms with Gasteiger partial charge in [0.25, 0.3) is 5.91 Å². The van der Waals surface area contributed by atoms with Crippen molar-refractivity contribution < 1.29 is 13.9 Å². The van der Waals surface area contributed by atoms with E-state index in [1.807, 2.05) is 36.7 Å². The number of amides is 1. The van der Waals surface area contributed by atoms with E-state index in [9.17, 15) is 4.79 Å². The minimum Gasteiger partial charge on any atom is -0.490 e. The number of carbonyl (C=O) groups excluding carboxylic acids is 1. The molecule has 0 unspecified atom stereocenters. The third kappa shape index (κ3) is 4.65. The Morgan fingerprint density at radius 1 is 1.29 bits per heavy atom. The fourth-order valence-corrected chi connectivity index (χ4v) is 4.16. The van der Waals surface area contributed by atoms with E-state index in [0.29, 0.717) is 29.9 Å². The molecule has 1 saturated heterocycles. The highest BCUT2D eigenvalue weighted by atomic mass is 16.5. The first-order valence-corrected chi connectivity index (χ1v) is 11.7. The molecule has 5 rings (SSSR count). The molecule has 176 valence electrons. The Labute approximate surface area is 197 Å². The van der Waals surface area contributed by atoms with Crippen LogP contribution in [-0.2, 0) is 0 Å². The maximum absolute atomic E-state index is 13.0. The zero-order valence-electron chi connectivity index (χ0n) is 19.4. The average Bonchev–Trinajstić information content (AvgIpc) is 3.51. The van der Waals surface area contributed by atoms with E-state index in [1.165, 1.54) is 6.26 Å². The van der Waals surface area contributed by atoms with Crippen molar-refractivity contribution in [3.8, 4) is 17.2 Å². The lowest BCUT2D eigenvalue weighted by atomic mass is 9.95. The van der Waals surface area contributed by atoms with Crippen molar-refractivity contribution in [3.05, 3.63) is 60.0 Å². The van der Waals surface area contributed by atoms with Crippen LogP contribution in [-0.4, -0.2) is 45.2 Å². The van der Waals surface area contributed by atoms with Gasteiger partial charge in [0.2, 0.25) is 5.89 Å². The van der Waals surface area contributed by atoms with Crippen molar-refractivity contribution >= 4 is 17.1 Å². The van der Waals surface area contributed by atoms with Gasteiger partial charge in [-0.15, -0.1) is 0 Å². The van der Waals surface area contributed by atoms with E-state index in [2.05, 4.69) is 26.7 Å². The van der Waals surface area contributed by atoms with Crippen LogP contribution < -0.4 is 15.4 Å². The largest absolute Gasteiger partial charge is 0.490 e. The van der Waals surface area contributed by atoms with Crippen molar-refractivity contribution in [1.82, 2.24) is 24.9 Å². The van der Waals surface area contributed by atoms with E-state index >= 15 is 0 Å². The van der Waals surface area contributed by atoms with Crippen LogP contribution in [0.1, 0.15) is 54.0 Å². The minimum atomic E-state index is -0.371. The number of piperidine rings is 1. The van der Waals surface area contributed by atoms with Crippen LogP contribution in [0.4, 0.5) is 5.69 Å². The molecule has 0 aromatic carbocycles. The van der Waals surface area contributed by atoms with Crippen LogP contribution in [0, 0.1) is 6.92 Å². The number of oxazole rings is 1. The quantitative estimate of drug-likeness (QED) is 0.426. The maximum Gasteiger partial charge on any atom is 0.277 e. The number of hydrogen-bond acceptors (Lipinski definition) is 7. The number of aryl methyl sites for hydroxylation is 1. The zero-order chi connectivity index (χ0) is 23.5. The molecule has 9 nitrogen and oxygen atoms in total. The molecule has 1 fully saturated rings. The lowest BCUT2D eigenvalue weighted by Gasteiger charge is -2.20. The molecule has 0 aliphatic carbocycles. The first-order valence-electron chi connectivity index (χ1n) is 11.7. The summed E-state index contributed by atoms with van der Waals surface area (Å²) in [7, 11) is 0. The summed E-state index contributed by atoms with van der Waals surface area (Å²) in [6.45, 7) is 6.47.